The van der Waals surface area contributed by atoms with E-state index in [0.717, 1.165) is 0 Å². The van der Waals surface area contributed by atoms with Gasteiger partial charge >= 0.3 is 0 Å². The molecule has 94 valence electrons. The predicted octanol–water partition coefficient (Wildman–Crippen LogP) is 3.00. The zero-order valence-electron chi connectivity index (χ0n) is 9.17. The molecule has 0 N–H and O–H groups in total. The van der Waals surface area contributed by atoms with Crippen molar-refractivity contribution in [2.75, 3.05) is 0 Å². The highest BCUT2D eigenvalue weighted by molar-refractivity contribution is 8.13. The second kappa shape index (κ2) is 5.46. The van der Waals surface area contributed by atoms with E-state index in [2.05, 4.69) is 0 Å². The standard InChI is InChI=1S/C10H12ClNO4S/c1-2-4-10(17(11,15)16)8-5-3-6-9(7-8)12(13)14/h3,5-7,10H,2,4H2,1H3. The monoisotopic (exact) mass is 277 g/mol. The van der Waals surface area contributed by atoms with Gasteiger partial charge < -0.3 is 0 Å². The quantitative estimate of drug-likeness (QED) is 0.471. The number of non-ortho nitro benzene ring substituents is 1. The summed E-state index contributed by atoms with van der Waals surface area (Å²) in [5.74, 6) is 0. The summed E-state index contributed by atoms with van der Waals surface area (Å²) < 4.78 is 22.8. The predicted molar refractivity (Wildman–Crippen MR) is 65.5 cm³/mol. The van der Waals surface area contributed by atoms with Crippen LogP contribution in [0.5, 0.6) is 0 Å². The van der Waals surface area contributed by atoms with Crippen LogP contribution in [0.4, 0.5) is 5.69 Å². The zero-order valence-corrected chi connectivity index (χ0v) is 10.7. The Balaban J connectivity index is 3.19. The van der Waals surface area contributed by atoms with Crippen LogP contribution in [-0.4, -0.2) is 13.3 Å². The van der Waals surface area contributed by atoms with Gasteiger partial charge in [-0.25, -0.2) is 8.42 Å². The highest BCUT2D eigenvalue weighted by Gasteiger charge is 2.25. The van der Waals surface area contributed by atoms with Crippen molar-refractivity contribution in [1.29, 1.82) is 0 Å². The topological polar surface area (TPSA) is 77.3 Å². The van der Waals surface area contributed by atoms with Crippen molar-refractivity contribution >= 4 is 25.4 Å². The van der Waals surface area contributed by atoms with E-state index in [1.165, 1.54) is 24.3 Å². The number of rotatable bonds is 5. The number of benzene rings is 1. The van der Waals surface area contributed by atoms with Crippen molar-refractivity contribution in [3.05, 3.63) is 39.9 Å². The number of hydrogen-bond acceptors (Lipinski definition) is 4. The molecule has 0 aromatic heterocycles. The van der Waals surface area contributed by atoms with Gasteiger partial charge in [-0.05, 0) is 12.0 Å². The van der Waals surface area contributed by atoms with Gasteiger partial charge in [-0.3, -0.25) is 10.1 Å². The van der Waals surface area contributed by atoms with E-state index >= 15 is 0 Å². The van der Waals surface area contributed by atoms with Crippen molar-refractivity contribution in [1.82, 2.24) is 0 Å². The van der Waals surface area contributed by atoms with E-state index in [1.54, 1.807) is 0 Å². The Labute approximate surface area is 104 Å². The zero-order chi connectivity index (χ0) is 13.1. The molecule has 0 saturated heterocycles. The molecule has 1 rings (SSSR count). The van der Waals surface area contributed by atoms with Crippen LogP contribution in [0.15, 0.2) is 24.3 Å². The van der Waals surface area contributed by atoms with E-state index in [-0.39, 0.29) is 5.69 Å². The molecule has 1 atom stereocenters. The maximum atomic E-state index is 11.4. The minimum absolute atomic E-state index is 0.135. The lowest BCUT2D eigenvalue weighted by Crippen LogP contribution is -2.07. The molecule has 1 unspecified atom stereocenters. The van der Waals surface area contributed by atoms with Gasteiger partial charge in [-0.1, -0.05) is 25.5 Å². The second-order valence-corrected chi connectivity index (χ2v) is 6.42. The normalized spacial score (nSPS) is 13.3. The Kier molecular flexibility index (Phi) is 4.47. The fourth-order valence-corrected chi connectivity index (χ4v) is 3.14. The number of hydrogen-bond donors (Lipinski definition) is 0. The van der Waals surface area contributed by atoms with Crippen LogP contribution < -0.4 is 0 Å². The molecule has 5 nitrogen and oxygen atoms in total. The molecule has 0 spiro atoms. The number of nitro groups is 1. The third-order valence-corrected chi connectivity index (χ3v) is 4.18. The van der Waals surface area contributed by atoms with E-state index in [0.29, 0.717) is 18.4 Å². The van der Waals surface area contributed by atoms with Gasteiger partial charge in [0.25, 0.3) is 5.69 Å². The van der Waals surface area contributed by atoms with Gasteiger partial charge in [-0.15, -0.1) is 0 Å². The molecule has 0 aliphatic rings. The second-order valence-electron chi connectivity index (χ2n) is 3.60. The van der Waals surface area contributed by atoms with Gasteiger partial charge in [0.15, 0.2) is 0 Å². The first kappa shape index (κ1) is 13.9. The summed E-state index contributed by atoms with van der Waals surface area (Å²) in [7, 11) is 1.57. The molecule has 0 bridgehead atoms. The van der Waals surface area contributed by atoms with Gasteiger partial charge in [0, 0.05) is 22.8 Å². The van der Waals surface area contributed by atoms with E-state index in [9.17, 15) is 18.5 Å². The molecular formula is C10H12ClNO4S. The van der Waals surface area contributed by atoms with Crippen molar-refractivity contribution in [3.63, 3.8) is 0 Å². The lowest BCUT2D eigenvalue weighted by molar-refractivity contribution is -0.384. The molecule has 0 aliphatic heterocycles. The lowest BCUT2D eigenvalue weighted by atomic mass is 10.1. The SMILES string of the molecule is CCCC(c1cccc([N+](=O)[O-])c1)S(=O)(=O)Cl. The highest BCUT2D eigenvalue weighted by atomic mass is 35.7. The molecule has 0 amide bonds. The van der Waals surface area contributed by atoms with Crippen molar-refractivity contribution in [3.8, 4) is 0 Å². The van der Waals surface area contributed by atoms with Crippen LogP contribution in [0.2, 0.25) is 0 Å². The van der Waals surface area contributed by atoms with Crippen LogP contribution in [0.1, 0.15) is 30.6 Å². The highest BCUT2D eigenvalue weighted by Crippen LogP contribution is 2.31. The fourth-order valence-electron chi connectivity index (χ4n) is 1.57. The van der Waals surface area contributed by atoms with Gasteiger partial charge in [0.2, 0.25) is 9.05 Å². The molecule has 17 heavy (non-hydrogen) atoms. The average Bonchev–Trinajstić information content (AvgIpc) is 2.24. The Bertz CT molecular complexity index is 515. The summed E-state index contributed by atoms with van der Waals surface area (Å²) in [5.41, 5.74) is 0.222. The van der Waals surface area contributed by atoms with Crippen LogP contribution in [-0.2, 0) is 9.05 Å². The van der Waals surface area contributed by atoms with Crippen molar-refractivity contribution < 1.29 is 13.3 Å². The molecule has 0 aliphatic carbocycles. The molecule has 0 fully saturated rings. The van der Waals surface area contributed by atoms with Crippen LogP contribution in [0.25, 0.3) is 0 Å². The minimum atomic E-state index is -3.77. The maximum Gasteiger partial charge on any atom is 0.269 e. The maximum absolute atomic E-state index is 11.4. The molecular weight excluding hydrogens is 266 g/mol. The average molecular weight is 278 g/mol. The number of nitrogens with zero attached hydrogens (tertiary/aromatic N) is 1. The summed E-state index contributed by atoms with van der Waals surface area (Å²) >= 11 is 0. The van der Waals surface area contributed by atoms with Crippen LogP contribution in [0, 0.1) is 10.1 Å². The van der Waals surface area contributed by atoms with Crippen LogP contribution in [0.3, 0.4) is 0 Å². The Morgan fingerprint density at radius 2 is 2.12 bits per heavy atom. The number of halogens is 1. The van der Waals surface area contributed by atoms with Crippen molar-refractivity contribution in [2.45, 2.75) is 25.0 Å². The minimum Gasteiger partial charge on any atom is -0.258 e. The summed E-state index contributed by atoms with van der Waals surface area (Å²) in [5, 5.41) is 9.71. The Morgan fingerprint density at radius 3 is 2.59 bits per heavy atom. The largest absolute Gasteiger partial charge is 0.269 e. The summed E-state index contributed by atoms with van der Waals surface area (Å²) in [4.78, 5) is 10.0. The molecule has 0 radical (unpaired) electrons. The van der Waals surface area contributed by atoms with E-state index in [4.69, 9.17) is 10.7 Å². The summed E-state index contributed by atoms with van der Waals surface area (Å²) in [6.07, 6.45) is 0.965. The molecule has 1 aromatic carbocycles. The van der Waals surface area contributed by atoms with Gasteiger partial charge in [0.1, 0.15) is 5.25 Å². The molecule has 1 aromatic rings. The first-order valence-corrected chi connectivity index (χ1v) is 7.41. The first-order valence-electron chi connectivity index (χ1n) is 5.04. The van der Waals surface area contributed by atoms with Gasteiger partial charge in [-0.2, -0.15) is 0 Å². The molecule has 0 saturated carbocycles. The van der Waals surface area contributed by atoms with Gasteiger partial charge in [0.05, 0.1) is 4.92 Å². The van der Waals surface area contributed by atoms with Crippen molar-refractivity contribution in [2.24, 2.45) is 0 Å². The first-order chi connectivity index (χ1) is 7.86. The molecule has 0 heterocycles. The Hall–Kier alpha value is -1.14. The number of nitro benzene ring substituents is 1. The third-order valence-electron chi connectivity index (χ3n) is 2.34. The van der Waals surface area contributed by atoms with Crippen LogP contribution >= 0.6 is 10.7 Å². The summed E-state index contributed by atoms with van der Waals surface area (Å²) in [6.45, 7) is 1.83. The Morgan fingerprint density at radius 1 is 1.47 bits per heavy atom. The van der Waals surface area contributed by atoms with E-state index < -0.39 is 19.2 Å². The fraction of sp³-hybridized carbons (Fsp3) is 0.400. The molecule has 7 heteroatoms. The summed E-state index contributed by atoms with van der Waals surface area (Å²) in [6, 6.07) is 5.55. The third kappa shape index (κ3) is 3.67. The van der Waals surface area contributed by atoms with E-state index in [1.807, 2.05) is 6.92 Å². The smallest absolute Gasteiger partial charge is 0.258 e. The lowest BCUT2D eigenvalue weighted by Gasteiger charge is -2.12.